The van der Waals surface area contributed by atoms with Gasteiger partial charge in [0, 0.05) is 16.5 Å². The Morgan fingerprint density at radius 3 is 2.40 bits per heavy atom. The first-order chi connectivity index (χ1) is 7.07. The minimum atomic E-state index is -3.29. The smallest absolute Gasteiger partial charge is 0.233 e. The molecule has 3 nitrogen and oxygen atoms in total. The van der Waals surface area contributed by atoms with Crippen LogP contribution in [0.25, 0.3) is 0 Å². The van der Waals surface area contributed by atoms with Gasteiger partial charge in [0.2, 0.25) is 10.0 Å². The van der Waals surface area contributed by atoms with Gasteiger partial charge in [-0.1, -0.05) is 0 Å². The van der Waals surface area contributed by atoms with E-state index in [1.807, 2.05) is 18.4 Å². The van der Waals surface area contributed by atoms with Crippen molar-refractivity contribution in [2.45, 2.75) is 4.90 Å². The topological polar surface area (TPSA) is 46.2 Å². The Morgan fingerprint density at radius 2 is 1.93 bits per heavy atom. The van der Waals surface area contributed by atoms with E-state index in [0.717, 1.165) is 4.90 Å². The highest BCUT2D eigenvalue weighted by Gasteiger charge is 2.08. The molecule has 84 valence electrons. The maximum atomic E-state index is 11.4. The maximum absolute atomic E-state index is 11.4. The number of thioether (sulfide) groups is 1. The van der Waals surface area contributed by atoms with Gasteiger partial charge in [-0.05, 0) is 30.5 Å². The first kappa shape index (κ1) is 12.7. The van der Waals surface area contributed by atoms with Crippen LogP contribution >= 0.6 is 23.4 Å². The third-order valence-electron chi connectivity index (χ3n) is 1.71. The first-order valence-corrected chi connectivity index (χ1v) is 7.69. The Kier molecular flexibility index (Phi) is 4.76. The number of benzene rings is 1. The molecule has 0 aliphatic carbocycles. The number of sulfonamides is 1. The third kappa shape index (κ3) is 4.32. The van der Waals surface area contributed by atoms with E-state index < -0.39 is 10.0 Å². The average Bonchev–Trinajstić information content (AvgIpc) is 2.18. The minimum Gasteiger partial charge on any atom is -0.284 e. The van der Waals surface area contributed by atoms with E-state index in [-0.39, 0.29) is 11.6 Å². The second-order valence-corrected chi connectivity index (χ2v) is 5.94. The lowest BCUT2D eigenvalue weighted by molar-refractivity contribution is 0.602. The molecule has 1 aromatic carbocycles. The number of rotatable bonds is 5. The highest BCUT2D eigenvalue weighted by molar-refractivity contribution is 7.98. The lowest BCUT2D eigenvalue weighted by Crippen LogP contribution is -2.17. The quantitative estimate of drug-likeness (QED) is 0.657. The summed E-state index contributed by atoms with van der Waals surface area (Å²) < 4.78 is 25.2. The van der Waals surface area contributed by atoms with Crippen molar-refractivity contribution in [1.82, 2.24) is 0 Å². The van der Waals surface area contributed by atoms with Crippen molar-refractivity contribution in [3.8, 4) is 0 Å². The molecule has 15 heavy (non-hydrogen) atoms. The molecule has 0 saturated carbocycles. The van der Waals surface area contributed by atoms with Gasteiger partial charge in [-0.25, -0.2) is 8.42 Å². The van der Waals surface area contributed by atoms with Gasteiger partial charge in [-0.3, -0.25) is 4.72 Å². The van der Waals surface area contributed by atoms with Crippen LogP contribution in [0.2, 0.25) is 0 Å². The molecule has 1 rings (SSSR count). The van der Waals surface area contributed by atoms with E-state index in [2.05, 4.69) is 4.72 Å². The molecule has 0 unspecified atom stereocenters. The number of alkyl halides is 1. The average molecular weight is 266 g/mol. The van der Waals surface area contributed by atoms with Crippen LogP contribution in [0.5, 0.6) is 0 Å². The van der Waals surface area contributed by atoms with Gasteiger partial charge in [0.25, 0.3) is 0 Å². The zero-order valence-corrected chi connectivity index (χ0v) is 10.6. The molecule has 1 N–H and O–H groups in total. The molecular weight excluding hydrogens is 254 g/mol. The van der Waals surface area contributed by atoms with Crippen LogP contribution in [0.15, 0.2) is 29.2 Å². The van der Waals surface area contributed by atoms with Gasteiger partial charge < -0.3 is 0 Å². The zero-order chi connectivity index (χ0) is 11.3. The summed E-state index contributed by atoms with van der Waals surface area (Å²) in [5, 5.41) is 0. The van der Waals surface area contributed by atoms with E-state index in [4.69, 9.17) is 11.6 Å². The number of nitrogens with one attached hydrogen (secondary N) is 1. The summed E-state index contributed by atoms with van der Waals surface area (Å²) in [6.45, 7) is 0. The van der Waals surface area contributed by atoms with Crippen molar-refractivity contribution in [2.24, 2.45) is 0 Å². The summed E-state index contributed by atoms with van der Waals surface area (Å²) >= 11 is 6.98. The minimum absolute atomic E-state index is 0.0706. The molecule has 0 aliphatic heterocycles. The van der Waals surface area contributed by atoms with Gasteiger partial charge in [0.1, 0.15) is 0 Å². The second-order valence-electron chi connectivity index (χ2n) is 2.84. The number of halogens is 1. The molecule has 0 radical (unpaired) electrons. The summed E-state index contributed by atoms with van der Waals surface area (Å²) in [6, 6.07) is 7.20. The van der Waals surface area contributed by atoms with Gasteiger partial charge >= 0.3 is 0 Å². The van der Waals surface area contributed by atoms with Crippen LogP contribution in [-0.4, -0.2) is 26.3 Å². The number of hydrogen-bond donors (Lipinski definition) is 1. The van der Waals surface area contributed by atoms with Crippen LogP contribution in [0.4, 0.5) is 5.69 Å². The van der Waals surface area contributed by atoms with E-state index >= 15 is 0 Å². The van der Waals surface area contributed by atoms with E-state index in [9.17, 15) is 8.42 Å². The van der Waals surface area contributed by atoms with Crippen molar-refractivity contribution in [3.63, 3.8) is 0 Å². The Bertz CT molecular complexity index is 403. The molecule has 0 amide bonds. The normalized spacial score (nSPS) is 11.3. The monoisotopic (exact) mass is 265 g/mol. The zero-order valence-electron chi connectivity index (χ0n) is 8.23. The van der Waals surface area contributed by atoms with E-state index in [0.29, 0.717) is 5.69 Å². The summed E-state index contributed by atoms with van der Waals surface area (Å²) in [6.07, 6.45) is 1.96. The maximum Gasteiger partial charge on any atom is 0.233 e. The van der Waals surface area contributed by atoms with Crippen LogP contribution in [0.1, 0.15) is 0 Å². The fourth-order valence-corrected chi connectivity index (χ4v) is 2.81. The van der Waals surface area contributed by atoms with Gasteiger partial charge in [0.05, 0.1) is 5.75 Å². The highest BCUT2D eigenvalue weighted by Crippen LogP contribution is 2.18. The lowest BCUT2D eigenvalue weighted by Gasteiger charge is -2.06. The van der Waals surface area contributed by atoms with Crippen molar-refractivity contribution >= 4 is 39.1 Å². The van der Waals surface area contributed by atoms with Crippen molar-refractivity contribution in [3.05, 3.63) is 24.3 Å². The molecule has 0 atom stereocenters. The predicted molar refractivity (Wildman–Crippen MR) is 66.4 cm³/mol. The number of anilines is 1. The molecule has 0 fully saturated rings. The fourth-order valence-electron chi connectivity index (χ4n) is 0.991. The largest absolute Gasteiger partial charge is 0.284 e. The summed E-state index contributed by atoms with van der Waals surface area (Å²) in [7, 11) is -3.29. The van der Waals surface area contributed by atoms with Crippen LogP contribution in [0.3, 0.4) is 0 Å². The predicted octanol–water partition coefficient (Wildman–Crippen LogP) is 2.39. The van der Waals surface area contributed by atoms with Crippen LogP contribution in [-0.2, 0) is 10.0 Å². The van der Waals surface area contributed by atoms with E-state index in [1.165, 1.54) is 0 Å². The molecule has 0 aliphatic rings. The first-order valence-electron chi connectivity index (χ1n) is 4.28. The Balaban J connectivity index is 2.73. The van der Waals surface area contributed by atoms with Gasteiger partial charge in [-0.2, -0.15) is 0 Å². The third-order valence-corrected chi connectivity index (χ3v) is 4.15. The lowest BCUT2D eigenvalue weighted by atomic mass is 10.3. The van der Waals surface area contributed by atoms with Gasteiger partial charge in [0.15, 0.2) is 0 Å². The molecule has 0 aromatic heterocycles. The molecule has 0 spiro atoms. The molecule has 0 heterocycles. The SMILES string of the molecule is CSc1ccc(NS(=O)(=O)CCCl)cc1. The van der Waals surface area contributed by atoms with Gasteiger partial charge in [-0.15, -0.1) is 23.4 Å². The number of hydrogen-bond acceptors (Lipinski definition) is 3. The van der Waals surface area contributed by atoms with Crippen molar-refractivity contribution < 1.29 is 8.42 Å². The molecule has 0 bridgehead atoms. The van der Waals surface area contributed by atoms with Crippen molar-refractivity contribution in [2.75, 3.05) is 22.6 Å². The Labute approximate surface area is 99.3 Å². The van der Waals surface area contributed by atoms with Crippen LogP contribution in [0, 0.1) is 0 Å². The summed E-state index contributed by atoms with van der Waals surface area (Å²) in [5.41, 5.74) is 0.568. The highest BCUT2D eigenvalue weighted by atomic mass is 35.5. The molecule has 1 aromatic rings. The van der Waals surface area contributed by atoms with Crippen LogP contribution < -0.4 is 4.72 Å². The second kappa shape index (κ2) is 5.63. The van der Waals surface area contributed by atoms with Crippen molar-refractivity contribution in [1.29, 1.82) is 0 Å². The Morgan fingerprint density at radius 1 is 1.33 bits per heavy atom. The fraction of sp³-hybridized carbons (Fsp3) is 0.333. The summed E-state index contributed by atoms with van der Waals surface area (Å²) in [4.78, 5) is 1.09. The van der Waals surface area contributed by atoms with E-state index in [1.54, 1.807) is 23.9 Å². The molecule has 0 saturated heterocycles. The Hall–Kier alpha value is -0.390. The molecule has 6 heteroatoms. The standard InChI is InChI=1S/C9H12ClNO2S2/c1-14-9-4-2-8(3-5-9)11-15(12,13)7-6-10/h2-5,11H,6-7H2,1H3. The summed E-state index contributed by atoms with van der Waals surface area (Å²) in [5.74, 6) is 0.0249. The molecular formula is C9H12ClNO2S2.